The second kappa shape index (κ2) is 6.61. The average molecular weight is 263 g/mol. The molecule has 1 atom stereocenters. The first-order valence-corrected chi connectivity index (χ1v) is 5.63. The van der Waals surface area contributed by atoms with Gasteiger partial charge in [-0.25, -0.2) is 0 Å². The second-order valence-corrected chi connectivity index (χ2v) is 3.86. The molecule has 1 aromatic rings. The van der Waals surface area contributed by atoms with E-state index in [4.69, 9.17) is 5.11 Å². The fourth-order valence-corrected chi connectivity index (χ4v) is 1.45. The second-order valence-electron chi connectivity index (χ2n) is 3.86. The minimum absolute atomic E-state index is 0.00472. The quantitative estimate of drug-likeness (QED) is 0.828. The molecule has 3 nitrogen and oxygen atoms in total. The maximum Gasteiger partial charge on any atom is 0.573 e. The Kier molecular flexibility index (Phi) is 5.43. The van der Waals surface area contributed by atoms with Crippen LogP contribution in [0.3, 0.4) is 0 Å². The molecule has 2 N–H and O–H groups in total. The van der Waals surface area contributed by atoms with Crippen LogP contribution in [0.4, 0.5) is 13.2 Å². The largest absolute Gasteiger partial charge is 0.573 e. The van der Waals surface area contributed by atoms with E-state index in [1.807, 2.05) is 6.92 Å². The van der Waals surface area contributed by atoms with Gasteiger partial charge in [0.25, 0.3) is 0 Å². The molecule has 0 amide bonds. The van der Waals surface area contributed by atoms with E-state index in [-0.39, 0.29) is 18.4 Å². The highest BCUT2D eigenvalue weighted by Crippen LogP contribution is 2.23. The molecule has 0 saturated carbocycles. The first kappa shape index (κ1) is 14.8. The van der Waals surface area contributed by atoms with Gasteiger partial charge in [-0.1, -0.05) is 19.1 Å². The van der Waals surface area contributed by atoms with Gasteiger partial charge in [-0.2, -0.15) is 0 Å². The Balaban J connectivity index is 2.59. The fraction of sp³-hybridized carbons (Fsp3) is 0.500. The Morgan fingerprint density at radius 2 is 2.11 bits per heavy atom. The van der Waals surface area contributed by atoms with E-state index >= 15 is 0 Å². The summed E-state index contributed by atoms with van der Waals surface area (Å²) >= 11 is 0. The van der Waals surface area contributed by atoms with Crippen LogP contribution < -0.4 is 10.1 Å². The van der Waals surface area contributed by atoms with Gasteiger partial charge in [0.15, 0.2) is 0 Å². The Labute approximate surface area is 104 Å². The number of rotatable bonds is 6. The van der Waals surface area contributed by atoms with Gasteiger partial charge in [0, 0.05) is 12.6 Å². The van der Waals surface area contributed by atoms with E-state index in [1.165, 1.54) is 18.2 Å². The molecule has 1 aromatic carbocycles. The minimum Gasteiger partial charge on any atom is -0.406 e. The van der Waals surface area contributed by atoms with Crippen molar-refractivity contribution < 1.29 is 23.0 Å². The number of hydrogen-bond donors (Lipinski definition) is 2. The van der Waals surface area contributed by atoms with Crippen molar-refractivity contribution in [1.29, 1.82) is 0 Å². The molecule has 0 radical (unpaired) electrons. The summed E-state index contributed by atoms with van der Waals surface area (Å²) in [4.78, 5) is 0. The van der Waals surface area contributed by atoms with Crippen molar-refractivity contribution in [2.75, 3.05) is 6.61 Å². The van der Waals surface area contributed by atoms with Crippen molar-refractivity contribution in [3.8, 4) is 5.75 Å². The molecule has 0 aliphatic heterocycles. The first-order valence-electron chi connectivity index (χ1n) is 5.63. The number of aliphatic hydroxyl groups excluding tert-OH is 1. The zero-order valence-electron chi connectivity index (χ0n) is 10.00. The summed E-state index contributed by atoms with van der Waals surface area (Å²) in [5, 5.41) is 12.0. The van der Waals surface area contributed by atoms with Crippen molar-refractivity contribution in [2.45, 2.75) is 32.3 Å². The van der Waals surface area contributed by atoms with E-state index in [0.717, 1.165) is 6.42 Å². The van der Waals surface area contributed by atoms with Crippen LogP contribution in [0.2, 0.25) is 0 Å². The Bertz CT molecular complexity index is 365. The zero-order chi connectivity index (χ0) is 13.6. The molecule has 0 bridgehead atoms. The molecule has 1 rings (SSSR count). The molecule has 0 fully saturated rings. The average Bonchev–Trinajstić information content (AvgIpc) is 2.28. The van der Waals surface area contributed by atoms with Crippen molar-refractivity contribution in [2.24, 2.45) is 0 Å². The lowest BCUT2D eigenvalue weighted by atomic mass is 10.2. The van der Waals surface area contributed by atoms with E-state index in [1.54, 1.807) is 6.07 Å². The van der Waals surface area contributed by atoms with Crippen molar-refractivity contribution in [1.82, 2.24) is 5.32 Å². The topological polar surface area (TPSA) is 41.5 Å². The van der Waals surface area contributed by atoms with Gasteiger partial charge < -0.3 is 15.2 Å². The fourth-order valence-electron chi connectivity index (χ4n) is 1.45. The van der Waals surface area contributed by atoms with Crippen molar-refractivity contribution >= 4 is 0 Å². The van der Waals surface area contributed by atoms with Gasteiger partial charge in [-0.15, -0.1) is 13.2 Å². The number of alkyl halides is 3. The Morgan fingerprint density at radius 3 is 2.67 bits per heavy atom. The lowest BCUT2D eigenvalue weighted by molar-refractivity contribution is -0.274. The Morgan fingerprint density at radius 1 is 1.39 bits per heavy atom. The van der Waals surface area contributed by atoms with Crippen LogP contribution in [-0.2, 0) is 6.54 Å². The number of ether oxygens (including phenoxy) is 1. The highest BCUT2D eigenvalue weighted by atomic mass is 19.4. The molecule has 0 saturated heterocycles. The summed E-state index contributed by atoms with van der Waals surface area (Å²) in [5.41, 5.74) is 0.670. The molecule has 0 aromatic heterocycles. The number of halogens is 3. The van der Waals surface area contributed by atoms with Gasteiger partial charge in [0.1, 0.15) is 5.75 Å². The molecule has 102 valence electrons. The maximum absolute atomic E-state index is 12.0. The van der Waals surface area contributed by atoms with Crippen molar-refractivity contribution in [3.63, 3.8) is 0 Å². The van der Waals surface area contributed by atoms with Gasteiger partial charge in [0.2, 0.25) is 0 Å². The first-order chi connectivity index (χ1) is 8.44. The molecular weight excluding hydrogens is 247 g/mol. The standard InChI is InChI=1S/C12H16F3NO2/c1-2-10(8-17)16-7-9-4-3-5-11(6-9)18-12(13,14)15/h3-6,10,16-17H,2,7-8H2,1H3. The number of nitrogens with one attached hydrogen (secondary N) is 1. The highest BCUT2D eigenvalue weighted by molar-refractivity contribution is 5.28. The highest BCUT2D eigenvalue weighted by Gasteiger charge is 2.31. The van der Waals surface area contributed by atoms with Crippen LogP contribution >= 0.6 is 0 Å². The molecule has 6 heteroatoms. The van der Waals surface area contributed by atoms with Crippen LogP contribution in [0, 0.1) is 0 Å². The monoisotopic (exact) mass is 263 g/mol. The summed E-state index contributed by atoms with van der Waals surface area (Å²) in [6, 6.07) is 5.71. The van der Waals surface area contributed by atoms with E-state index < -0.39 is 6.36 Å². The van der Waals surface area contributed by atoms with Gasteiger partial charge >= 0.3 is 6.36 Å². The van der Waals surface area contributed by atoms with Crippen LogP contribution in [-0.4, -0.2) is 24.1 Å². The summed E-state index contributed by atoms with van der Waals surface area (Å²) in [6.07, 6.45) is -3.93. The lowest BCUT2D eigenvalue weighted by Crippen LogP contribution is -2.31. The molecule has 1 unspecified atom stereocenters. The van der Waals surface area contributed by atoms with Crippen molar-refractivity contribution in [3.05, 3.63) is 29.8 Å². The third-order valence-corrected chi connectivity index (χ3v) is 2.44. The zero-order valence-corrected chi connectivity index (χ0v) is 10.00. The summed E-state index contributed by atoms with van der Waals surface area (Å²) in [6.45, 7) is 2.29. The van der Waals surface area contributed by atoms with E-state index in [9.17, 15) is 13.2 Å². The summed E-state index contributed by atoms with van der Waals surface area (Å²) in [5.74, 6) is -0.237. The molecule has 0 aliphatic carbocycles. The molecular formula is C12H16F3NO2. The number of benzene rings is 1. The lowest BCUT2D eigenvalue weighted by Gasteiger charge is -2.14. The summed E-state index contributed by atoms with van der Waals surface area (Å²) in [7, 11) is 0. The molecule has 18 heavy (non-hydrogen) atoms. The number of aliphatic hydroxyl groups is 1. The maximum atomic E-state index is 12.0. The van der Waals surface area contributed by atoms with Gasteiger partial charge in [-0.05, 0) is 24.1 Å². The van der Waals surface area contributed by atoms with Crippen LogP contribution in [0.1, 0.15) is 18.9 Å². The van der Waals surface area contributed by atoms with Gasteiger partial charge in [0.05, 0.1) is 6.61 Å². The predicted molar refractivity (Wildman–Crippen MR) is 61.1 cm³/mol. The Hall–Kier alpha value is -1.27. The third kappa shape index (κ3) is 5.37. The number of hydrogen-bond acceptors (Lipinski definition) is 3. The SMILES string of the molecule is CCC(CO)NCc1cccc(OC(F)(F)F)c1. The van der Waals surface area contributed by atoms with Crippen LogP contribution in [0.5, 0.6) is 5.75 Å². The molecule has 0 spiro atoms. The minimum atomic E-state index is -4.68. The van der Waals surface area contributed by atoms with Gasteiger partial charge in [-0.3, -0.25) is 0 Å². The van der Waals surface area contributed by atoms with Crippen LogP contribution in [0.25, 0.3) is 0 Å². The normalized spacial score (nSPS) is 13.4. The molecule has 0 aliphatic rings. The predicted octanol–water partition coefficient (Wildman–Crippen LogP) is 2.45. The molecule has 0 heterocycles. The van der Waals surface area contributed by atoms with Crippen LogP contribution in [0.15, 0.2) is 24.3 Å². The van der Waals surface area contributed by atoms with E-state index in [0.29, 0.717) is 12.1 Å². The smallest absolute Gasteiger partial charge is 0.406 e. The third-order valence-electron chi connectivity index (χ3n) is 2.44. The summed E-state index contributed by atoms with van der Waals surface area (Å²) < 4.78 is 39.9. The van der Waals surface area contributed by atoms with E-state index in [2.05, 4.69) is 10.1 Å².